The topological polar surface area (TPSA) is 105 Å². The van der Waals surface area contributed by atoms with E-state index in [4.69, 9.17) is 4.74 Å². The molecule has 2 aromatic rings. The molecule has 0 bridgehead atoms. The molecular weight excluding hydrogens is 374 g/mol. The number of rotatable bonds is 4. The Bertz CT molecular complexity index is 848. The van der Waals surface area contributed by atoms with Crippen molar-refractivity contribution in [2.75, 3.05) is 32.8 Å². The van der Waals surface area contributed by atoms with Gasteiger partial charge in [-0.25, -0.2) is 9.48 Å². The molecule has 2 aliphatic rings. The molecule has 154 valence electrons. The number of nitrogens with one attached hydrogen (secondary N) is 1. The first-order valence-electron chi connectivity index (χ1n) is 9.91. The van der Waals surface area contributed by atoms with Crippen molar-refractivity contribution in [2.24, 2.45) is 0 Å². The Kier molecular flexibility index (Phi) is 5.70. The van der Waals surface area contributed by atoms with E-state index in [0.29, 0.717) is 45.0 Å². The van der Waals surface area contributed by atoms with Crippen molar-refractivity contribution in [3.05, 3.63) is 41.7 Å². The van der Waals surface area contributed by atoms with E-state index < -0.39 is 0 Å². The van der Waals surface area contributed by atoms with E-state index in [1.165, 1.54) is 0 Å². The second-order valence-corrected chi connectivity index (χ2v) is 7.23. The first kappa shape index (κ1) is 19.3. The molecule has 10 nitrogen and oxygen atoms in total. The molecule has 1 aromatic heterocycles. The number of piperazine rings is 1. The van der Waals surface area contributed by atoms with Crippen LogP contribution in [0.3, 0.4) is 0 Å². The van der Waals surface area contributed by atoms with Crippen LogP contribution < -0.4 is 5.32 Å². The first-order chi connectivity index (χ1) is 14.2. The van der Waals surface area contributed by atoms with Crippen LogP contribution in [0.2, 0.25) is 0 Å². The minimum absolute atomic E-state index is 0.104. The third kappa shape index (κ3) is 4.21. The van der Waals surface area contributed by atoms with Gasteiger partial charge < -0.3 is 15.0 Å². The van der Waals surface area contributed by atoms with Crippen LogP contribution in [-0.2, 0) is 22.5 Å². The summed E-state index contributed by atoms with van der Waals surface area (Å²) < 4.78 is 6.69. The van der Waals surface area contributed by atoms with Crippen LogP contribution in [0.1, 0.15) is 24.4 Å². The molecular formula is C19H25N7O3. The van der Waals surface area contributed by atoms with Gasteiger partial charge in [-0.3, -0.25) is 9.69 Å². The molecule has 0 spiro atoms. The molecule has 1 N–H and O–H groups in total. The number of benzene rings is 1. The van der Waals surface area contributed by atoms with E-state index in [1.807, 2.05) is 18.2 Å². The molecule has 1 aromatic carbocycles. The van der Waals surface area contributed by atoms with Crippen molar-refractivity contribution in [1.82, 2.24) is 35.3 Å². The summed E-state index contributed by atoms with van der Waals surface area (Å²) in [5, 5.41) is 15.2. The smallest absolute Gasteiger partial charge is 0.409 e. The van der Waals surface area contributed by atoms with Crippen LogP contribution in [0.5, 0.6) is 0 Å². The van der Waals surface area contributed by atoms with Crippen LogP contribution >= 0.6 is 0 Å². The number of hydrogen-bond donors (Lipinski definition) is 1. The van der Waals surface area contributed by atoms with Crippen LogP contribution in [0, 0.1) is 0 Å². The highest BCUT2D eigenvalue weighted by atomic mass is 16.6. The van der Waals surface area contributed by atoms with Crippen molar-refractivity contribution in [2.45, 2.75) is 32.0 Å². The second kappa shape index (κ2) is 8.56. The van der Waals surface area contributed by atoms with Crippen molar-refractivity contribution in [3.63, 3.8) is 0 Å². The summed E-state index contributed by atoms with van der Waals surface area (Å²) in [7, 11) is 0. The van der Waals surface area contributed by atoms with Gasteiger partial charge in [0.2, 0.25) is 5.91 Å². The fraction of sp³-hybridized carbons (Fsp3) is 0.526. The predicted molar refractivity (Wildman–Crippen MR) is 103 cm³/mol. The third-order valence-corrected chi connectivity index (χ3v) is 5.38. The molecule has 0 saturated carbocycles. The van der Waals surface area contributed by atoms with Gasteiger partial charge in [0.05, 0.1) is 18.7 Å². The molecule has 0 radical (unpaired) electrons. The zero-order valence-electron chi connectivity index (χ0n) is 16.4. The maximum atomic E-state index is 12.5. The van der Waals surface area contributed by atoms with Crippen molar-refractivity contribution < 1.29 is 14.3 Å². The molecule has 2 aliphatic heterocycles. The van der Waals surface area contributed by atoms with Crippen molar-refractivity contribution in [1.29, 1.82) is 0 Å². The number of hydrogen-bond acceptors (Lipinski definition) is 7. The number of tetrazole rings is 1. The Morgan fingerprint density at radius 3 is 2.69 bits per heavy atom. The molecule has 3 heterocycles. The van der Waals surface area contributed by atoms with Gasteiger partial charge in [-0.15, -0.1) is 5.10 Å². The summed E-state index contributed by atoms with van der Waals surface area (Å²) in [5.41, 5.74) is 1.13. The lowest BCUT2D eigenvalue weighted by Crippen LogP contribution is -2.54. The minimum Gasteiger partial charge on any atom is -0.450 e. The Balaban J connectivity index is 1.57. The number of nitrogens with zero attached hydrogens (tertiary/aromatic N) is 6. The second-order valence-electron chi connectivity index (χ2n) is 7.23. The zero-order valence-corrected chi connectivity index (χ0v) is 16.4. The number of carbonyl (C=O) groups excluding carboxylic acids is 2. The lowest BCUT2D eigenvalue weighted by Gasteiger charge is -2.40. The first-order valence-corrected chi connectivity index (χ1v) is 9.91. The van der Waals surface area contributed by atoms with Crippen LogP contribution in [0.15, 0.2) is 30.3 Å². The van der Waals surface area contributed by atoms with E-state index in [0.717, 1.165) is 5.56 Å². The molecule has 2 amide bonds. The van der Waals surface area contributed by atoms with Gasteiger partial charge in [-0.05, 0) is 29.3 Å². The van der Waals surface area contributed by atoms with Crippen LogP contribution in [0.4, 0.5) is 4.79 Å². The Labute approximate surface area is 168 Å². The molecule has 10 heteroatoms. The fourth-order valence-electron chi connectivity index (χ4n) is 4.03. The largest absolute Gasteiger partial charge is 0.450 e. The summed E-state index contributed by atoms with van der Waals surface area (Å²) in [6.07, 6.45) is 0.384. The predicted octanol–water partition coefficient (Wildman–Crippen LogP) is 0.229. The van der Waals surface area contributed by atoms with Gasteiger partial charge in [-0.1, -0.05) is 30.3 Å². The molecule has 1 fully saturated rings. The van der Waals surface area contributed by atoms with Crippen molar-refractivity contribution >= 4 is 12.0 Å². The summed E-state index contributed by atoms with van der Waals surface area (Å²) in [6.45, 7) is 4.69. The summed E-state index contributed by atoms with van der Waals surface area (Å²) in [6, 6.07) is 9.70. The van der Waals surface area contributed by atoms with E-state index in [9.17, 15) is 9.59 Å². The van der Waals surface area contributed by atoms with E-state index in [-0.39, 0.29) is 30.6 Å². The number of amides is 2. The molecule has 1 unspecified atom stereocenters. The maximum Gasteiger partial charge on any atom is 0.409 e. The monoisotopic (exact) mass is 399 g/mol. The Morgan fingerprint density at radius 2 is 1.97 bits per heavy atom. The lowest BCUT2D eigenvalue weighted by atomic mass is 9.97. The highest BCUT2D eigenvalue weighted by Gasteiger charge is 2.39. The summed E-state index contributed by atoms with van der Waals surface area (Å²) in [5.74, 6) is 0.570. The average Bonchev–Trinajstić information content (AvgIpc) is 3.12. The number of ether oxygens (including phenoxy) is 1. The third-order valence-electron chi connectivity index (χ3n) is 5.38. The molecule has 29 heavy (non-hydrogen) atoms. The van der Waals surface area contributed by atoms with E-state index >= 15 is 0 Å². The quantitative estimate of drug-likeness (QED) is 0.784. The maximum absolute atomic E-state index is 12.5. The standard InChI is InChI=1S/C19H25N7O3/c1-2-29-19(28)25-10-8-24(9-11-25)17-15(12-14-6-4-3-5-7-14)20-16(27)13-26-18(17)21-22-23-26/h3-7,15,17H,2,8-13H2,1H3,(H,20,27)/t15-,17?/m1/s1. The number of aromatic nitrogens is 4. The van der Waals surface area contributed by atoms with Gasteiger partial charge in [0.25, 0.3) is 0 Å². The van der Waals surface area contributed by atoms with Gasteiger partial charge in [0, 0.05) is 26.2 Å². The van der Waals surface area contributed by atoms with Gasteiger partial charge in [0.15, 0.2) is 5.82 Å². The van der Waals surface area contributed by atoms with Gasteiger partial charge in [-0.2, -0.15) is 0 Å². The van der Waals surface area contributed by atoms with Crippen LogP contribution in [-0.4, -0.2) is 80.8 Å². The van der Waals surface area contributed by atoms with Crippen molar-refractivity contribution in [3.8, 4) is 0 Å². The molecule has 4 rings (SSSR count). The number of fused-ring (bicyclic) bond motifs is 1. The van der Waals surface area contributed by atoms with Gasteiger partial charge >= 0.3 is 6.09 Å². The zero-order chi connectivity index (χ0) is 20.2. The summed E-state index contributed by atoms with van der Waals surface area (Å²) in [4.78, 5) is 28.5. The highest BCUT2D eigenvalue weighted by molar-refractivity contribution is 5.76. The van der Waals surface area contributed by atoms with E-state index in [1.54, 1.807) is 16.5 Å². The summed E-state index contributed by atoms with van der Waals surface area (Å²) >= 11 is 0. The van der Waals surface area contributed by atoms with Gasteiger partial charge in [0.1, 0.15) is 6.54 Å². The Hall–Kier alpha value is -3.01. The lowest BCUT2D eigenvalue weighted by molar-refractivity contribution is -0.122. The normalized spacial score (nSPS) is 22.5. The van der Waals surface area contributed by atoms with Crippen LogP contribution in [0.25, 0.3) is 0 Å². The Morgan fingerprint density at radius 1 is 1.21 bits per heavy atom. The molecule has 2 atom stereocenters. The minimum atomic E-state index is -0.285. The number of carbonyl (C=O) groups is 2. The fourth-order valence-corrected chi connectivity index (χ4v) is 4.03. The molecule has 1 saturated heterocycles. The average molecular weight is 399 g/mol. The molecule has 0 aliphatic carbocycles. The van der Waals surface area contributed by atoms with E-state index in [2.05, 4.69) is 37.9 Å². The SMILES string of the molecule is CCOC(=O)N1CCN(C2c3nnnn3CC(=O)N[C@@H]2Cc2ccccc2)CC1. The highest BCUT2D eigenvalue weighted by Crippen LogP contribution is 2.28.